The van der Waals surface area contributed by atoms with Gasteiger partial charge in [0.2, 0.25) is 0 Å². The molecular formula is C16H25NO. The van der Waals surface area contributed by atoms with Gasteiger partial charge < -0.3 is 10.4 Å². The fourth-order valence-electron chi connectivity index (χ4n) is 2.90. The van der Waals surface area contributed by atoms with Gasteiger partial charge in [0.1, 0.15) is 0 Å². The Labute approximate surface area is 110 Å². The normalized spacial score (nSPS) is 19.9. The van der Waals surface area contributed by atoms with Gasteiger partial charge in [-0.15, -0.1) is 0 Å². The summed E-state index contributed by atoms with van der Waals surface area (Å²) in [6, 6.07) is 8.36. The Morgan fingerprint density at radius 1 is 1.06 bits per heavy atom. The summed E-state index contributed by atoms with van der Waals surface area (Å²) in [5.41, 5.74) is 2.33. The number of hydrogen-bond acceptors (Lipinski definition) is 2. The lowest BCUT2D eigenvalue weighted by atomic mass is 9.84. The predicted octanol–water partition coefficient (Wildman–Crippen LogP) is 3.88. The van der Waals surface area contributed by atoms with Gasteiger partial charge in [-0.2, -0.15) is 0 Å². The molecule has 1 aliphatic carbocycles. The first-order chi connectivity index (χ1) is 8.76. The number of anilines is 1. The first-order valence-corrected chi connectivity index (χ1v) is 7.20. The number of aryl methyl sites for hydroxylation is 1. The van der Waals surface area contributed by atoms with E-state index in [1.165, 1.54) is 43.4 Å². The molecule has 1 aliphatic rings. The average Bonchev–Trinajstić information content (AvgIpc) is 2.35. The average molecular weight is 247 g/mol. The molecule has 0 aliphatic heterocycles. The van der Waals surface area contributed by atoms with E-state index >= 15 is 0 Å². The van der Waals surface area contributed by atoms with Crippen LogP contribution in [-0.2, 0) is 0 Å². The Morgan fingerprint density at radius 2 is 1.67 bits per heavy atom. The third kappa shape index (κ3) is 3.26. The molecule has 0 aromatic heterocycles. The molecule has 1 aromatic rings. The molecule has 0 spiro atoms. The molecule has 2 rings (SSSR count). The topological polar surface area (TPSA) is 32.3 Å². The van der Waals surface area contributed by atoms with E-state index in [9.17, 15) is 5.11 Å². The molecule has 2 nitrogen and oxygen atoms in total. The van der Waals surface area contributed by atoms with E-state index in [1.807, 2.05) is 0 Å². The van der Waals surface area contributed by atoms with Gasteiger partial charge in [0.25, 0.3) is 0 Å². The maximum atomic E-state index is 9.85. The van der Waals surface area contributed by atoms with Crippen molar-refractivity contribution in [3.05, 3.63) is 29.8 Å². The minimum absolute atomic E-state index is 0.105. The number of para-hydroxylation sites is 1. The fraction of sp³-hybridized carbons (Fsp3) is 0.625. The van der Waals surface area contributed by atoms with E-state index in [0.29, 0.717) is 0 Å². The van der Waals surface area contributed by atoms with Gasteiger partial charge in [-0.05, 0) is 31.4 Å². The summed E-state index contributed by atoms with van der Waals surface area (Å²) in [5, 5.41) is 13.5. The van der Waals surface area contributed by atoms with Crippen molar-refractivity contribution in [2.75, 3.05) is 11.9 Å². The van der Waals surface area contributed by atoms with Gasteiger partial charge in [0, 0.05) is 5.69 Å². The summed E-state index contributed by atoms with van der Waals surface area (Å²) in [6.07, 6.45) is 8.56. The summed E-state index contributed by atoms with van der Waals surface area (Å²) in [5.74, 6) is 0. The Hall–Kier alpha value is -1.02. The standard InChI is InChI=1S/C16H25NO/c1-14-9-5-6-10-15(14)17-16(13-18)11-7-3-2-4-8-12-16/h5-6,9-10,17-18H,2-4,7-8,11-13H2,1H3. The molecule has 1 fully saturated rings. The van der Waals surface area contributed by atoms with Crippen molar-refractivity contribution < 1.29 is 5.11 Å². The number of aliphatic hydroxyl groups excluding tert-OH is 1. The lowest BCUT2D eigenvalue weighted by Gasteiger charge is -2.36. The van der Waals surface area contributed by atoms with Gasteiger partial charge in [-0.3, -0.25) is 0 Å². The molecule has 100 valence electrons. The molecule has 0 saturated heterocycles. The van der Waals surface area contributed by atoms with Crippen LogP contribution in [0.15, 0.2) is 24.3 Å². The summed E-state index contributed by atoms with van der Waals surface area (Å²) >= 11 is 0. The minimum Gasteiger partial charge on any atom is -0.394 e. The van der Waals surface area contributed by atoms with E-state index in [4.69, 9.17) is 0 Å². The van der Waals surface area contributed by atoms with Crippen LogP contribution in [0.4, 0.5) is 5.69 Å². The van der Waals surface area contributed by atoms with Gasteiger partial charge in [-0.25, -0.2) is 0 Å². The van der Waals surface area contributed by atoms with Crippen molar-refractivity contribution in [2.45, 2.75) is 57.4 Å². The molecule has 2 N–H and O–H groups in total. The minimum atomic E-state index is -0.105. The molecule has 18 heavy (non-hydrogen) atoms. The van der Waals surface area contributed by atoms with Crippen LogP contribution in [0, 0.1) is 6.92 Å². The Morgan fingerprint density at radius 3 is 2.28 bits per heavy atom. The Bertz CT molecular complexity index is 367. The van der Waals surface area contributed by atoms with Crippen LogP contribution in [0.3, 0.4) is 0 Å². The lowest BCUT2D eigenvalue weighted by molar-refractivity contribution is 0.182. The molecule has 0 atom stereocenters. The predicted molar refractivity (Wildman–Crippen MR) is 76.9 cm³/mol. The Kier molecular flexibility index (Phi) is 4.65. The maximum Gasteiger partial charge on any atom is 0.0661 e. The number of benzene rings is 1. The zero-order chi connectivity index (χ0) is 12.8. The molecule has 0 bridgehead atoms. The quantitative estimate of drug-likeness (QED) is 0.849. The zero-order valence-corrected chi connectivity index (χ0v) is 11.4. The van der Waals surface area contributed by atoms with Gasteiger partial charge in [0.05, 0.1) is 12.1 Å². The van der Waals surface area contributed by atoms with Crippen LogP contribution in [-0.4, -0.2) is 17.3 Å². The van der Waals surface area contributed by atoms with Crippen molar-refractivity contribution in [1.29, 1.82) is 0 Å². The van der Waals surface area contributed by atoms with Crippen LogP contribution in [0.25, 0.3) is 0 Å². The molecule has 0 unspecified atom stereocenters. The van der Waals surface area contributed by atoms with E-state index in [1.54, 1.807) is 0 Å². The Balaban J connectivity index is 2.13. The van der Waals surface area contributed by atoms with Gasteiger partial charge >= 0.3 is 0 Å². The third-order valence-corrected chi connectivity index (χ3v) is 4.16. The highest BCUT2D eigenvalue weighted by Crippen LogP contribution is 2.30. The molecule has 1 saturated carbocycles. The van der Waals surface area contributed by atoms with Crippen LogP contribution in [0.1, 0.15) is 50.5 Å². The van der Waals surface area contributed by atoms with Crippen molar-refractivity contribution in [2.24, 2.45) is 0 Å². The van der Waals surface area contributed by atoms with Crippen molar-refractivity contribution in [3.8, 4) is 0 Å². The first-order valence-electron chi connectivity index (χ1n) is 7.20. The van der Waals surface area contributed by atoms with Crippen molar-refractivity contribution in [3.63, 3.8) is 0 Å². The van der Waals surface area contributed by atoms with E-state index in [2.05, 4.69) is 36.5 Å². The van der Waals surface area contributed by atoms with Crippen LogP contribution in [0.5, 0.6) is 0 Å². The fourth-order valence-corrected chi connectivity index (χ4v) is 2.90. The highest BCUT2D eigenvalue weighted by atomic mass is 16.3. The summed E-state index contributed by atoms with van der Waals surface area (Å²) < 4.78 is 0. The van der Waals surface area contributed by atoms with Crippen LogP contribution >= 0.6 is 0 Å². The molecule has 2 heteroatoms. The third-order valence-electron chi connectivity index (χ3n) is 4.16. The number of aliphatic hydroxyl groups is 1. The monoisotopic (exact) mass is 247 g/mol. The van der Waals surface area contributed by atoms with Crippen molar-refractivity contribution in [1.82, 2.24) is 0 Å². The maximum absolute atomic E-state index is 9.85. The highest BCUT2D eigenvalue weighted by molar-refractivity contribution is 5.52. The molecule has 0 heterocycles. The summed E-state index contributed by atoms with van der Waals surface area (Å²) in [7, 11) is 0. The largest absolute Gasteiger partial charge is 0.394 e. The number of nitrogens with one attached hydrogen (secondary N) is 1. The molecule has 0 radical (unpaired) electrons. The van der Waals surface area contributed by atoms with E-state index < -0.39 is 0 Å². The number of hydrogen-bond donors (Lipinski definition) is 2. The van der Waals surface area contributed by atoms with Crippen LogP contribution < -0.4 is 5.32 Å². The molecule has 1 aromatic carbocycles. The van der Waals surface area contributed by atoms with Gasteiger partial charge in [-0.1, -0.05) is 50.3 Å². The van der Waals surface area contributed by atoms with Crippen molar-refractivity contribution >= 4 is 5.69 Å². The number of rotatable bonds is 3. The van der Waals surface area contributed by atoms with Gasteiger partial charge in [0.15, 0.2) is 0 Å². The van der Waals surface area contributed by atoms with E-state index in [-0.39, 0.29) is 12.1 Å². The summed E-state index contributed by atoms with van der Waals surface area (Å²) in [6.45, 7) is 2.36. The van der Waals surface area contributed by atoms with Crippen LogP contribution in [0.2, 0.25) is 0 Å². The van der Waals surface area contributed by atoms with E-state index in [0.717, 1.165) is 12.8 Å². The lowest BCUT2D eigenvalue weighted by Crippen LogP contribution is -2.42. The summed E-state index contributed by atoms with van der Waals surface area (Å²) in [4.78, 5) is 0. The second-order valence-electron chi connectivity index (χ2n) is 5.65. The zero-order valence-electron chi connectivity index (χ0n) is 11.4. The SMILES string of the molecule is Cc1ccccc1NC1(CO)CCCCCCC1. The first kappa shape index (κ1) is 13.4. The second-order valence-corrected chi connectivity index (χ2v) is 5.65. The molecular weight excluding hydrogens is 222 g/mol. The molecule has 0 amide bonds. The second kappa shape index (κ2) is 6.24. The smallest absolute Gasteiger partial charge is 0.0661 e. The highest BCUT2D eigenvalue weighted by Gasteiger charge is 2.29.